The fraction of sp³-hybridized carbons (Fsp3) is 0.304. The number of rotatable bonds is 2. The lowest BCUT2D eigenvalue weighted by molar-refractivity contribution is -0.162. The highest BCUT2D eigenvalue weighted by Gasteiger charge is 2.47. The number of amides is 2. The number of carbonyl (C=O) groups excluding carboxylic acids is 2. The van der Waals surface area contributed by atoms with Crippen molar-refractivity contribution in [1.29, 1.82) is 0 Å². The Labute approximate surface area is 178 Å². The van der Waals surface area contributed by atoms with E-state index in [4.69, 9.17) is 14.2 Å². The Balaban J connectivity index is 1.39. The normalized spacial score (nSPS) is 22.0. The maximum atomic E-state index is 13.6. The molecule has 3 aliphatic rings. The van der Waals surface area contributed by atoms with E-state index in [1.165, 1.54) is 0 Å². The van der Waals surface area contributed by atoms with Crippen LogP contribution in [0.5, 0.6) is 17.2 Å². The number of aromatic nitrogens is 1. The van der Waals surface area contributed by atoms with Gasteiger partial charge in [-0.25, -0.2) is 0 Å². The van der Waals surface area contributed by atoms with Crippen LogP contribution in [0.1, 0.15) is 22.9 Å². The number of fused-ring (bicyclic) bond motifs is 5. The molecule has 0 radical (unpaired) electrons. The van der Waals surface area contributed by atoms with Crippen molar-refractivity contribution >= 4 is 22.7 Å². The molecule has 6 rings (SSSR count). The number of methoxy groups -OCH3 is 1. The van der Waals surface area contributed by atoms with Gasteiger partial charge in [-0.15, -0.1) is 0 Å². The Morgan fingerprint density at radius 2 is 1.90 bits per heavy atom. The molecule has 2 unspecified atom stereocenters. The molecule has 8 nitrogen and oxygen atoms in total. The molecule has 1 fully saturated rings. The number of likely N-dealkylation sites (N-methyl/N-ethyl adjacent to an activating group) is 1. The highest BCUT2D eigenvalue weighted by Crippen LogP contribution is 2.40. The van der Waals surface area contributed by atoms with Crippen molar-refractivity contribution in [3.8, 4) is 17.2 Å². The van der Waals surface area contributed by atoms with E-state index in [1.54, 1.807) is 36.1 Å². The van der Waals surface area contributed by atoms with Gasteiger partial charge in [0.1, 0.15) is 17.8 Å². The van der Waals surface area contributed by atoms with Crippen molar-refractivity contribution in [3.05, 3.63) is 53.2 Å². The van der Waals surface area contributed by atoms with E-state index >= 15 is 0 Å². The molecule has 8 heteroatoms. The summed E-state index contributed by atoms with van der Waals surface area (Å²) in [4.78, 5) is 33.6. The average molecular weight is 419 g/mol. The van der Waals surface area contributed by atoms with Crippen LogP contribution in [0.3, 0.4) is 0 Å². The van der Waals surface area contributed by atoms with E-state index in [9.17, 15) is 9.59 Å². The van der Waals surface area contributed by atoms with Gasteiger partial charge < -0.3 is 29.0 Å². The summed E-state index contributed by atoms with van der Waals surface area (Å²) >= 11 is 0. The van der Waals surface area contributed by atoms with Gasteiger partial charge in [-0.1, -0.05) is 6.07 Å². The second-order valence-electron chi connectivity index (χ2n) is 8.14. The first kappa shape index (κ1) is 18.1. The van der Waals surface area contributed by atoms with Crippen LogP contribution in [-0.2, 0) is 22.6 Å². The lowest BCUT2D eigenvalue weighted by Crippen LogP contribution is -2.61. The molecular formula is C23H21N3O5. The smallest absolute Gasteiger partial charge is 0.251 e. The molecule has 2 amide bonds. The predicted octanol–water partition coefficient (Wildman–Crippen LogP) is 2.37. The maximum absolute atomic E-state index is 13.6. The van der Waals surface area contributed by atoms with Crippen LogP contribution in [0.2, 0.25) is 0 Å². The summed E-state index contributed by atoms with van der Waals surface area (Å²) in [6, 6.07) is 10.0. The molecule has 0 spiro atoms. The zero-order chi connectivity index (χ0) is 21.3. The van der Waals surface area contributed by atoms with Gasteiger partial charge in [-0.2, -0.15) is 0 Å². The molecule has 1 aromatic heterocycles. The van der Waals surface area contributed by atoms with Crippen LogP contribution in [0.15, 0.2) is 36.4 Å². The van der Waals surface area contributed by atoms with Gasteiger partial charge in [0.2, 0.25) is 12.7 Å². The average Bonchev–Trinajstić information content (AvgIpc) is 3.39. The van der Waals surface area contributed by atoms with Crippen LogP contribution in [-0.4, -0.2) is 53.6 Å². The van der Waals surface area contributed by atoms with Crippen LogP contribution in [0.25, 0.3) is 10.9 Å². The number of aromatic amines is 1. The van der Waals surface area contributed by atoms with E-state index in [0.29, 0.717) is 24.5 Å². The second-order valence-corrected chi connectivity index (χ2v) is 8.14. The topological polar surface area (TPSA) is 84.1 Å². The summed E-state index contributed by atoms with van der Waals surface area (Å²) in [7, 11) is 3.33. The van der Waals surface area contributed by atoms with Crippen LogP contribution in [0.4, 0.5) is 0 Å². The van der Waals surface area contributed by atoms with E-state index in [1.807, 2.05) is 24.3 Å². The number of benzene rings is 2. The number of carbonyl (C=O) groups is 2. The van der Waals surface area contributed by atoms with Gasteiger partial charge in [0.15, 0.2) is 11.5 Å². The monoisotopic (exact) mass is 419 g/mol. The number of nitrogens with zero attached hydrogens (tertiary/aromatic N) is 2. The highest BCUT2D eigenvalue weighted by atomic mass is 16.7. The van der Waals surface area contributed by atoms with Crippen molar-refractivity contribution in [3.63, 3.8) is 0 Å². The zero-order valence-corrected chi connectivity index (χ0v) is 17.2. The van der Waals surface area contributed by atoms with Crippen LogP contribution < -0.4 is 14.2 Å². The molecule has 1 N–H and O–H groups in total. The zero-order valence-electron chi connectivity index (χ0n) is 17.2. The third kappa shape index (κ3) is 2.54. The van der Waals surface area contributed by atoms with Gasteiger partial charge in [0.25, 0.3) is 5.91 Å². The van der Waals surface area contributed by atoms with Gasteiger partial charge >= 0.3 is 0 Å². The summed E-state index contributed by atoms with van der Waals surface area (Å²) in [6.45, 7) is 0.533. The minimum Gasteiger partial charge on any atom is -0.497 e. The van der Waals surface area contributed by atoms with Gasteiger partial charge in [0.05, 0.1) is 13.7 Å². The molecule has 31 heavy (non-hydrogen) atoms. The van der Waals surface area contributed by atoms with E-state index in [-0.39, 0.29) is 18.6 Å². The molecule has 158 valence electrons. The third-order valence-electron chi connectivity index (χ3n) is 6.55. The Morgan fingerprint density at radius 3 is 2.74 bits per heavy atom. The molecule has 2 atom stereocenters. The maximum Gasteiger partial charge on any atom is 0.251 e. The quantitative estimate of drug-likeness (QED) is 0.690. The fourth-order valence-corrected chi connectivity index (χ4v) is 4.95. The molecule has 0 saturated carbocycles. The Kier molecular flexibility index (Phi) is 3.74. The van der Waals surface area contributed by atoms with Crippen molar-refractivity contribution in [2.45, 2.75) is 25.0 Å². The largest absolute Gasteiger partial charge is 0.497 e. The molecule has 1 saturated heterocycles. The van der Waals surface area contributed by atoms with Crippen LogP contribution in [0, 0.1) is 0 Å². The summed E-state index contributed by atoms with van der Waals surface area (Å²) in [5.74, 6) is 1.86. The summed E-state index contributed by atoms with van der Waals surface area (Å²) < 4.78 is 16.2. The van der Waals surface area contributed by atoms with Crippen molar-refractivity contribution in [2.24, 2.45) is 0 Å². The van der Waals surface area contributed by atoms with Gasteiger partial charge in [-0.05, 0) is 41.5 Å². The molecule has 0 bridgehead atoms. The Morgan fingerprint density at radius 1 is 1.06 bits per heavy atom. The number of hydrogen-bond acceptors (Lipinski definition) is 5. The number of hydrogen-bond donors (Lipinski definition) is 1. The van der Waals surface area contributed by atoms with Crippen LogP contribution >= 0.6 is 0 Å². The number of nitrogens with one attached hydrogen (secondary N) is 1. The van der Waals surface area contributed by atoms with Crippen molar-refractivity contribution in [1.82, 2.24) is 14.8 Å². The summed E-state index contributed by atoms with van der Waals surface area (Å²) in [5.41, 5.74) is 3.74. The second kappa shape index (κ2) is 6.41. The van der Waals surface area contributed by atoms with Gasteiger partial charge in [-0.3, -0.25) is 9.59 Å². The minimum atomic E-state index is -0.690. The molecular weight excluding hydrogens is 398 g/mol. The van der Waals surface area contributed by atoms with E-state index < -0.39 is 12.1 Å². The molecule has 0 aliphatic carbocycles. The first-order valence-corrected chi connectivity index (χ1v) is 10.2. The predicted molar refractivity (Wildman–Crippen MR) is 111 cm³/mol. The molecule has 2 aromatic carbocycles. The Hall–Kier alpha value is -3.68. The lowest BCUT2D eigenvalue weighted by atomic mass is 9.90. The SMILES string of the molecule is COc1ccc2[nH]c3c(c2c1)CC1C(=O)N(C)C(c2ccc4c(c2)OCO4)C(=O)N1C3. The first-order valence-electron chi connectivity index (χ1n) is 10.2. The fourth-order valence-electron chi connectivity index (χ4n) is 4.95. The molecule has 3 aromatic rings. The van der Waals surface area contributed by atoms with Gasteiger partial charge in [0, 0.05) is 30.1 Å². The third-order valence-corrected chi connectivity index (χ3v) is 6.55. The molecule has 3 aliphatic heterocycles. The highest BCUT2D eigenvalue weighted by molar-refractivity contribution is 5.99. The number of H-pyrrole nitrogens is 1. The number of ether oxygens (including phenoxy) is 3. The van der Waals surface area contributed by atoms with Crippen molar-refractivity contribution in [2.75, 3.05) is 21.0 Å². The Bertz CT molecular complexity index is 1250. The summed E-state index contributed by atoms with van der Waals surface area (Å²) in [6.07, 6.45) is 0.477. The van der Waals surface area contributed by atoms with Crippen molar-refractivity contribution < 1.29 is 23.8 Å². The van der Waals surface area contributed by atoms with E-state index in [0.717, 1.165) is 33.5 Å². The summed E-state index contributed by atoms with van der Waals surface area (Å²) in [5, 5.41) is 1.04. The number of piperazine rings is 1. The molecule has 4 heterocycles. The first-order chi connectivity index (χ1) is 15.0. The lowest BCUT2D eigenvalue weighted by Gasteiger charge is -2.45. The van der Waals surface area contributed by atoms with E-state index in [2.05, 4.69) is 4.98 Å². The standard InChI is InChI=1S/C23H21N3O5/c1-25-21(12-3-6-19-20(7-12)31-11-30-19)23(28)26-10-17-15(9-18(26)22(25)27)14-8-13(29-2)4-5-16(14)24-17/h3-8,18,21,24H,9-11H2,1-2H3. The minimum absolute atomic E-state index is 0.0647.